The maximum atomic E-state index is 11.4. The Bertz CT molecular complexity index is 419. The van der Waals surface area contributed by atoms with Crippen molar-refractivity contribution in [3.05, 3.63) is 35.9 Å². The van der Waals surface area contributed by atoms with Crippen LogP contribution in [0, 0.1) is 5.92 Å². The minimum Gasteiger partial charge on any atom is -0.464 e. The van der Waals surface area contributed by atoms with Crippen molar-refractivity contribution in [2.45, 2.75) is 26.9 Å². The van der Waals surface area contributed by atoms with Gasteiger partial charge in [-0.15, -0.1) is 0 Å². The van der Waals surface area contributed by atoms with E-state index in [2.05, 4.69) is 5.32 Å². The van der Waals surface area contributed by atoms with Crippen molar-refractivity contribution < 1.29 is 19.1 Å². The Labute approximate surface area is 119 Å². The molecule has 1 atom stereocenters. The molecule has 1 aromatic rings. The third-order valence-electron chi connectivity index (χ3n) is 2.84. The van der Waals surface area contributed by atoms with Gasteiger partial charge in [0.05, 0.1) is 12.5 Å². The number of esters is 1. The second kappa shape index (κ2) is 8.96. The first-order chi connectivity index (χ1) is 9.63. The standard InChI is InChI=1S/C15H21NO4/c1-3-12(2)14(17)19-10-9-16-15(18)20-11-13-7-5-4-6-8-13/h4-8,12H,3,9-11H2,1-2H3,(H,16,18). The summed E-state index contributed by atoms with van der Waals surface area (Å²) in [5.41, 5.74) is 0.922. The van der Waals surface area contributed by atoms with E-state index in [0.29, 0.717) is 0 Å². The number of hydrogen-bond acceptors (Lipinski definition) is 4. The van der Waals surface area contributed by atoms with Gasteiger partial charge in [0.15, 0.2) is 0 Å². The minimum atomic E-state index is -0.520. The van der Waals surface area contributed by atoms with Gasteiger partial charge >= 0.3 is 12.1 Å². The first-order valence-electron chi connectivity index (χ1n) is 6.74. The quantitative estimate of drug-likeness (QED) is 0.615. The van der Waals surface area contributed by atoms with Crippen molar-refractivity contribution >= 4 is 12.1 Å². The molecule has 0 bridgehead atoms. The molecule has 0 aliphatic carbocycles. The average molecular weight is 279 g/mol. The summed E-state index contributed by atoms with van der Waals surface area (Å²) in [4.78, 5) is 22.7. The Morgan fingerprint density at radius 1 is 1.20 bits per heavy atom. The van der Waals surface area contributed by atoms with E-state index in [1.807, 2.05) is 44.2 Å². The summed E-state index contributed by atoms with van der Waals surface area (Å²) in [7, 11) is 0. The Morgan fingerprint density at radius 3 is 2.55 bits per heavy atom. The van der Waals surface area contributed by atoms with E-state index < -0.39 is 6.09 Å². The fraction of sp³-hybridized carbons (Fsp3) is 0.467. The first-order valence-corrected chi connectivity index (χ1v) is 6.74. The van der Waals surface area contributed by atoms with Gasteiger partial charge in [-0.05, 0) is 12.0 Å². The van der Waals surface area contributed by atoms with Crippen LogP contribution in [0.5, 0.6) is 0 Å². The van der Waals surface area contributed by atoms with E-state index in [0.717, 1.165) is 12.0 Å². The Morgan fingerprint density at radius 2 is 1.90 bits per heavy atom. The molecule has 0 aliphatic rings. The molecular weight excluding hydrogens is 258 g/mol. The van der Waals surface area contributed by atoms with Gasteiger partial charge in [0.2, 0.25) is 0 Å². The zero-order valence-electron chi connectivity index (χ0n) is 11.9. The predicted octanol–water partition coefficient (Wildman–Crippen LogP) is 2.50. The summed E-state index contributed by atoms with van der Waals surface area (Å²) >= 11 is 0. The van der Waals surface area contributed by atoms with Crippen LogP contribution in [0.1, 0.15) is 25.8 Å². The maximum absolute atomic E-state index is 11.4. The highest BCUT2D eigenvalue weighted by Gasteiger charge is 2.11. The third kappa shape index (κ3) is 6.22. The fourth-order valence-electron chi connectivity index (χ4n) is 1.39. The number of carbonyl (C=O) groups is 2. The largest absolute Gasteiger partial charge is 0.464 e. The molecule has 0 fully saturated rings. The van der Waals surface area contributed by atoms with Gasteiger partial charge in [-0.25, -0.2) is 4.79 Å². The lowest BCUT2D eigenvalue weighted by Crippen LogP contribution is -2.29. The van der Waals surface area contributed by atoms with Crippen LogP contribution in [0.15, 0.2) is 30.3 Å². The number of alkyl carbamates (subject to hydrolysis) is 1. The average Bonchev–Trinajstić information content (AvgIpc) is 2.49. The molecule has 5 heteroatoms. The van der Waals surface area contributed by atoms with Crippen LogP contribution < -0.4 is 5.32 Å². The van der Waals surface area contributed by atoms with Crippen LogP contribution in [0.3, 0.4) is 0 Å². The second-order valence-corrected chi connectivity index (χ2v) is 4.47. The molecule has 1 aromatic carbocycles. The molecule has 0 radical (unpaired) electrons. The lowest BCUT2D eigenvalue weighted by molar-refractivity contribution is -0.147. The lowest BCUT2D eigenvalue weighted by atomic mass is 10.1. The number of carbonyl (C=O) groups excluding carboxylic acids is 2. The van der Waals surface area contributed by atoms with Crippen LogP contribution in [0.25, 0.3) is 0 Å². The molecule has 5 nitrogen and oxygen atoms in total. The summed E-state index contributed by atoms with van der Waals surface area (Å²) in [6.07, 6.45) is 0.221. The molecule has 1 rings (SSSR count). The van der Waals surface area contributed by atoms with Crippen LogP contribution in [-0.4, -0.2) is 25.2 Å². The highest BCUT2D eigenvalue weighted by Crippen LogP contribution is 2.02. The third-order valence-corrected chi connectivity index (χ3v) is 2.84. The molecular formula is C15H21NO4. The topological polar surface area (TPSA) is 64.6 Å². The summed E-state index contributed by atoms with van der Waals surface area (Å²) in [5, 5.41) is 2.53. The van der Waals surface area contributed by atoms with E-state index in [-0.39, 0.29) is 31.6 Å². The van der Waals surface area contributed by atoms with Gasteiger partial charge in [0.25, 0.3) is 0 Å². The van der Waals surface area contributed by atoms with Crippen LogP contribution in [0.2, 0.25) is 0 Å². The van der Waals surface area contributed by atoms with E-state index >= 15 is 0 Å². The Balaban J connectivity index is 2.10. The van der Waals surface area contributed by atoms with Crippen LogP contribution in [0.4, 0.5) is 4.79 Å². The van der Waals surface area contributed by atoms with Gasteiger partial charge in [-0.3, -0.25) is 4.79 Å². The molecule has 1 N–H and O–H groups in total. The summed E-state index contributed by atoms with van der Waals surface area (Å²) in [6, 6.07) is 9.41. The van der Waals surface area contributed by atoms with Crippen molar-refractivity contribution in [1.82, 2.24) is 5.32 Å². The van der Waals surface area contributed by atoms with Crippen molar-refractivity contribution in [2.75, 3.05) is 13.2 Å². The SMILES string of the molecule is CCC(C)C(=O)OCCNC(=O)OCc1ccccc1. The predicted molar refractivity (Wildman–Crippen MR) is 75.0 cm³/mol. The molecule has 0 spiro atoms. The number of rotatable bonds is 7. The van der Waals surface area contributed by atoms with Gasteiger partial charge < -0.3 is 14.8 Å². The zero-order valence-corrected chi connectivity index (χ0v) is 11.9. The van der Waals surface area contributed by atoms with E-state index in [9.17, 15) is 9.59 Å². The smallest absolute Gasteiger partial charge is 0.407 e. The summed E-state index contributed by atoms with van der Waals surface area (Å²) < 4.78 is 10.0. The second-order valence-electron chi connectivity index (χ2n) is 4.47. The van der Waals surface area contributed by atoms with Crippen molar-refractivity contribution in [3.8, 4) is 0 Å². The molecule has 20 heavy (non-hydrogen) atoms. The maximum Gasteiger partial charge on any atom is 0.407 e. The molecule has 1 unspecified atom stereocenters. The van der Waals surface area contributed by atoms with Crippen molar-refractivity contribution in [3.63, 3.8) is 0 Å². The van der Waals surface area contributed by atoms with E-state index in [1.54, 1.807) is 0 Å². The Hall–Kier alpha value is -2.04. The van der Waals surface area contributed by atoms with Crippen molar-refractivity contribution in [2.24, 2.45) is 5.92 Å². The summed E-state index contributed by atoms with van der Waals surface area (Å²) in [5.74, 6) is -0.355. The van der Waals surface area contributed by atoms with Gasteiger partial charge in [-0.1, -0.05) is 44.2 Å². The number of benzene rings is 1. The Kier molecular flexibility index (Phi) is 7.17. The zero-order chi connectivity index (χ0) is 14.8. The van der Waals surface area contributed by atoms with Gasteiger partial charge in [0, 0.05) is 0 Å². The fourth-order valence-corrected chi connectivity index (χ4v) is 1.39. The molecule has 0 saturated heterocycles. The molecule has 0 aliphatic heterocycles. The molecule has 1 amide bonds. The van der Waals surface area contributed by atoms with Crippen molar-refractivity contribution in [1.29, 1.82) is 0 Å². The lowest BCUT2D eigenvalue weighted by Gasteiger charge is -2.10. The number of ether oxygens (including phenoxy) is 2. The monoisotopic (exact) mass is 279 g/mol. The molecule has 0 heterocycles. The van der Waals surface area contributed by atoms with Gasteiger partial charge in [-0.2, -0.15) is 0 Å². The minimum absolute atomic E-state index is 0.111. The normalized spacial score (nSPS) is 11.5. The number of hydrogen-bond donors (Lipinski definition) is 1. The number of nitrogens with one attached hydrogen (secondary N) is 1. The molecule has 0 saturated carbocycles. The van der Waals surface area contributed by atoms with Crippen LogP contribution >= 0.6 is 0 Å². The first kappa shape index (κ1) is 16.0. The van der Waals surface area contributed by atoms with Gasteiger partial charge in [0.1, 0.15) is 13.2 Å². The summed E-state index contributed by atoms with van der Waals surface area (Å²) in [6.45, 7) is 4.35. The molecule has 110 valence electrons. The van der Waals surface area contributed by atoms with E-state index in [1.165, 1.54) is 0 Å². The highest BCUT2D eigenvalue weighted by atomic mass is 16.6. The molecule has 0 aromatic heterocycles. The van der Waals surface area contributed by atoms with E-state index in [4.69, 9.17) is 9.47 Å². The highest BCUT2D eigenvalue weighted by molar-refractivity contribution is 5.72. The van der Waals surface area contributed by atoms with Crippen LogP contribution in [-0.2, 0) is 20.9 Å². The number of amides is 1.